The average Bonchev–Trinajstić information content (AvgIpc) is 2.40. The number of pyridine rings is 1. The molecule has 0 aliphatic rings. The van der Waals surface area contributed by atoms with Crippen LogP contribution in [0.2, 0.25) is 10.0 Å². The Hall–Kier alpha value is -0.970. The minimum Gasteiger partial charge on any atom is -0.373 e. The molecule has 6 heteroatoms. The fraction of sp³-hybridized carbons (Fsp3) is 0.0833. The maximum absolute atomic E-state index is 6.15. The fourth-order valence-corrected chi connectivity index (χ4v) is 2.23. The third-order valence-corrected chi connectivity index (χ3v) is 4.07. The zero-order chi connectivity index (χ0) is 13.1. The molecule has 1 aromatic carbocycles. The van der Waals surface area contributed by atoms with E-state index in [1.807, 2.05) is 37.4 Å². The highest BCUT2D eigenvalue weighted by molar-refractivity contribution is 9.10. The first-order valence-electron chi connectivity index (χ1n) is 5.17. The second-order valence-electron chi connectivity index (χ2n) is 3.51. The topological polar surface area (TPSA) is 37.0 Å². The van der Waals surface area contributed by atoms with E-state index < -0.39 is 0 Å². The van der Waals surface area contributed by atoms with E-state index in [1.165, 1.54) is 0 Å². The van der Waals surface area contributed by atoms with Crippen molar-refractivity contribution < 1.29 is 0 Å². The standard InChI is InChI=1S/C12H10BrCl2N3/c1-16-9-3-2-4-10(18-9)17-8-6-5-7(13)11(14)12(8)15/h2-6H,1H3,(H2,16,17,18). The lowest BCUT2D eigenvalue weighted by molar-refractivity contribution is 1.28. The molecule has 94 valence electrons. The first kappa shape index (κ1) is 13.5. The van der Waals surface area contributed by atoms with Gasteiger partial charge < -0.3 is 10.6 Å². The Balaban J connectivity index is 2.31. The van der Waals surface area contributed by atoms with Crippen molar-refractivity contribution in [3.05, 3.63) is 44.8 Å². The van der Waals surface area contributed by atoms with Gasteiger partial charge in [0.2, 0.25) is 0 Å². The van der Waals surface area contributed by atoms with Crippen LogP contribution in [0, 0.1) is 0 Å². The first-order valence-corrected chi connectivity index (χ1v) is 6.72. The van der Waals surface area contributed by atoms with Crippen molar-refractivity contribution in [3.63, 3.8) is 0 Å². The van der Waals surface area contributed by atoms with E-state index in [0.717, 1.165) is 10.3 Å². The normalized spacial score (nSPS) is 10.2. The molecule has 0 spiro atoms. The zero-order valence-corrected chi connectivity index (χ0v) is 12.6. The Morgan fingerprint density at radius 2 is 1.78 bits per heavy atom. The molecule has 1 aromatic heterocycles. The molecule has 1 heterocycles. The van der Waals surface area contributed by atoms with Crippen LogP contribution in [0.1, 0.15) is 0 Å². The van der Waals surface area contributed by atoms with Crippen LogP contribution in [-0.2, 0) is 0 Å². The summed E-state index contributed by atoms with van der Waals surface area (Å²) in [6.07, 6.45) is 0. The lowest BCUT2D eigenvalue weighted by atomic mass is 10.3. The molecule has 0 fully saturated rings. The Kier molecular flexibility index (Phi) is 4.32. The van der Waals surface area contributed by atoms with E-state index in [-0.39, 0.29) is 0 Å². The Bertz CT molecular complexity index is 575. The lowest BCUT2D eigenvalue weighted by Gasteiger charge is -2.10. The van der Waals surface area contributed by atoms with Crippen molar-refractivity contribution in [2.24, 2.45) is 0 Å². The maximum atomic E-state index is 6.15. The predicted molar refractivity (Wildman–Crippen MR) is 81.2 cm³/mol. The highest BCUT2D eigenvalue weighted by Crippen LogP contribution is 2.36. The summed E-state index contributed by atoms with van der Waals surface area (Å²) in [7, 11) is 1.82. The van der Waals surface area contributed by atoms with Gasteiger partial charge in [0.05, 0.1) is 15.7 Å². The van der Waals surface area contributed by atoms with Crippen LogP contribution < -0.4 is 10.6 Å². The molecular weight excluding hydrogens is 337 g/mol. The lowest BCUT2D eigenvalue weighted by Crippen LogP contribution is -1.98. The van der Waals surface area contributed by atoms with Gasteiger partial charge in [0, 0.05) is 11.5 Å². The molecule has 0 aliphatic heterocycles. The second-order valence-corrected chi connectivity index (χ2v) is 5.12. The Labute approximate surface area is 124 Å². The molecular formula is C12H10BrCl2N3. The second kappa shape index (κ2) is 5.78. The molecule has 2 N–H and O–H groups in total. The van der Waals surface area contributed by atoms with Crippen LogP contribution >= 0.6 is 39.1 Å². The number of nitrogens with zero attached hydrogens (tertiary/aromatic N) is 1. The van der Waals surface area contributed by atoms with Gasteiger partial charge in [-0.1, -0.05) is 29.3 Å². The quantitative estimate of drug-likeness (QED) is 0.773. The molecule has 0 amide bonds. The van der Waals surface area contributed by atoms with Crippen molar-refractivity contribution >= 4 is 56.5 Å². The Morgan fingerprint density at radius 3 is 2.50 bits per heavy atom. The summed E-state index contributed by atoms with van der Waals surface area (Å²) in [4.78, 5) is 4.34. The zero-order valence-electron chi connectivity index (χ0n) is 9.47. The van der Waals surface area contributed by atoms with Gasteiger partial charge in [0.15, 0.2) is 0 Å². The van der Waals surface area contributed by atoms with Gasteiger partial charge in [-0.2, -0.15) is 0 Å². The van der Waals surface area contributed by atoms with Crippen LogP contribution in [0.4, 0.5) is 17.3 Å². The van der Waals surface area contributed by atoms with Crippen LogP contribution in [0.15, 0.2) is 34.8 Å². The molecule has 0 saturated carbocycles. The number of hydrogen-bond acceptors (Lipinski definition) is 3. The van der Waals surface area contributed by atoms with E-state index >= 15 is 0 Å². The molecule has 18 heavy (non-hydrogen) atoms. The predicted octanol–water partition coefficient (Wildman–Crippen LogP) is 4.94. The summed E-state index contributed by atoms with van der Waals surface area (Å²) in [6.45, 7) is 0. The average molecular weight is 347 g/mol. The number of rotatable bonds is 3. The van der Waals surface area contributed by atoms with Gasteiger partial charge in [0.25, 0.3) is 0 Å². The van der Waals surface area contributed by atoms with E-state index in [0.29, 0.717) is 21.6 Å². The molecule has 3 nitrogen and oxygen atoms in total. The summed E-state index contributed by atoms with van der Waals surface area (Å²) in [6, 6.07) is 9.30. The molecule has 0 unspecified atom stereocenters. The van der Waals surface area contributed by atoms with E-state index in [9.17, 15) is 0 Å². The molecule has 2 aromatic rings. The van der Waals surface area contributed by atoms with Crippen molar-refractivity contribution in [1.82, 2.24) is 4.98 Å². The minimum absolute atomic E-state index is 0.461. The summed E-state index contributed by atoms with van der Waals surface area (Å²) in [5.41, 5.74) is 0.714. The van der Waals surface area contributed by atoms with Crippen LogP contribution in [0.3, 0.4) is 0 Å². The molecule has 2 rings (SSSR count). The highest BCUT2D eigenvalue weighted by Gasteiger charge is 2.09. The molecule has 0 radical (unpaired) electrons. The van der Waals surface area contributed by atoms with Gasteiger partial charge in [-0.25, -0.2) is 4.98 Å². The number of nitrogens with one attached hydrogen (secondary N) is 2. The summed E-state index contributed by atoms with van der Waals surface area (Å²) in [5, 5.41) is 7.04. The summed E-state index contributed by atoms with van der Waals surface area (Å²) < 4.78 is 0.761. The SMILES string of the molecule is CNc1cccc(Nc2ccc(Br)c(Cl)c2Cl)n1. The number of aromatic nitrogens is 1. The first-order chi connectivity index (χ1) is 8.61. The highest BCUT2D eigenvalue weighted by atomic mass is 79.9. The van der Waals surface area contributed by atoms with Gasteiger partial charge in [-0.05, 0) is 40.2 Å². The van der Waals surface area contributed by atoms with Gasteiger partial charge in [-0.3, -0.25) is 0 Å². The van der Waals surface area contributed by atoms with E-state index in [1.54, 1.807) is 0 Å². The van der Waals surface area contributed by atoms with Crippen molar-refractivity contribution in [3.8, 4) is 0 Å². The number of anilines is 3. The van der Waals surface area contributed by atoms with Crippen LogP contribution in [0.5, 0.6) is 0 Å². The van der Waals surface area contributed by atoms with Gasteiger partial charge in [-0.15, -0.1) is 0 Å². The van der Waals surface area contributed by atoms with Crippen LogP contribution in [-0.4, -0.2) is 12.0 Å². The van der Waals surface area contributed by atoms with Crippen molar-refractivity contribution in [1.29, 1.82) is 0 Å². The largest absolute Gasteiger partial charge is 0.373 e. The summed E-state index contributed by atoms with van der Waals surface area (Å²) in [5.74, 6) is 1.47. The maximum Gasteiger partial charge on any atom is 0.132 e. The van der Waals surface area contributed by atoms with Crippen molar-refractivity contribution in [2.45, 2.75) is 0 Å². The number of benzene rings is 1. The minimum atomic E-state index is 0.461. The Morgan fingerprint density at radius 1 is 1.06 bits per heavy atom. The smallest absolute Gasteiger partial charge is 0.132 e. The molecule has 0 saturated heterocycles. The number of hydrogen-bond donors (Lipinski definition) is 2. The fourth-order valence-electron chi connectivity index (χ4n) is 1.40. The van der Waals surface area contributed by atoms with Crippen LogP contribution in [0.25, 0.3) is 0 Å². The molecule has 0 bridgehead atoms. The van der Waals surface area contributed by atoms with Gasteiger partial charge >= 0.3 is 0 Å². The number of halogens is 3. The van der Waals surface area contributed by atoms with Crippen molar-refractivity contribution in [2.75, 3.05) is 17.7 Å². The third kappa shape index (κ3) is 2.88. The monoisotopic (exact) mass is 345 g/mol. The summed E-state index contributed by atoms with van der Waals surface area (Å²) >= 11 is 15.5. The van der Waals surface area contributed by atoms with E-state index in [2.05, 4.69) is 31.5 Å². The van der Waals surface area contributed by atoms with E-state index in [4.69, 9.17) is 23.2 Å². The van der Waals surface area contributed by atoms with Gasteiger partial charge in [0.1, 0.15) is 11.6 Å². The molecule has 0 atom stereocenters. The molecule has 0 aliphatic carbocycles. The third-order valence-electron chi connectivity index (χ3n) is 2.30.